The molecule has 1 aromatic carbocycles. The van der Waals surface area contributed by atoms with E-state index in [1.54, 1.807) is 11.0 Å². The molecule has 2 aliphatic rings. The molecular weight excluding hydrogens is 463 g/mol. The van der Waals surface area contributed by atoms with Crippen LogP contribution in [-0.2, 0) is 4.74 Å². The number of H-pyrrole nitrogens is 1. The molecule has 2 atom stereocenters. The molecule has 2 aliphatic heterocycles. The summed E-state index contributed by atoms with van der Waals surface area (Å²) in [6.07, 6.45) is 1.48. The Morgan fingerprint density at radius 2 is 2.04 bits per heavy atom. The molecular formula is C16H15BrCl2N4O4. The van der Waals surface area contributed by atoms with Crippen LogP contribution in [0.3, 0.4) is 0 Å². The van der Waals surface area contributed by atoms with Gasteiger partial charge in [0, 0.05) is 29.6 Å². The number of hydrogen-bond donors (Lipinski definition) is 2. The highest BCUT2D eigenvalue weighted by molar-refractivity contribution is 9.10. The van der Waals surface area contributed by atoms with Gasteiger partial charge in [-0.1, -0.05) is 11.6 Å². The third-order valence-electron chi connectivity index (χ3n) is 4.79. The number of hydrogen-bond acceptors (Lipinski definition) is 6. The molecule has 2 fully saturated rings. The first-order valence-corrected chi connectivity index (χ1v) is 9.86. The molecule has 144 valence electrons. The fourth-order valence-electron chi connectivity index (χ4n) is 3.61. The number of aromatic nitrogens is 2. The third-order valence-corrected chi connectivity index (χ3v) is 6.20. The number of rotatable bonds is 3. The fourth-order valence-corrected chi connectivity index (χ4v) is 4.39. The quantitative estimate of drug-likeness (QED) is 0.521. The van der Waals surface area contributed by atoms with Crippen LogP contribution in [0.1, 0.15) is 12.8 Å². The number of ether oxygens (including phenoxy) is 2. The van der Waals surface area contributed by atoms with Gasteiger partial charge in [-0.15, -0.1) is 0 Å². The second-order valence-corrected chi connectivity index (χ2v) is 7.97. The van der Waals surface area contributed by atoms with Gasteiger partial charge in [0.2, 0.25) is 12.1 Å². The lowest BCUT2D eigenvalue weighted by molar-refractivity contribution is 0.0212. The van der Waals surface area contributed by atoms with Crippen LogP contribution < -0.4 is 15.6 Å². The summed E-state index contributed by atoms with van der Waals surface area (Å²) in [5, 5.41) is 3.56. The highest BCUT2D eigenvalue weighted by Crippen LogP contribution is 2.37. The molecule has 2 unspecified atom stereocenters. The highest BCUT2D eigenvalue weighted by Gasteiger charge is 2.40. The molecule has 2 bridgehead atoms. The summed E-state index contributed by atoms with van der Waals surface area (Å²) in [6, 6.07) is 1.84. The molecule has 4 rings (SSSR count). The summed E-state index contributed by atoms with van der Waals surface area (Å²) in [5.74, 6) is 0.0718. The van der Waals surface area contributed by atoms with Gasteiger partial charge in [0.15, 0.2) is 5.75 Å². The molecule has 0 aliphatic carbocycles. The van der Waals surface area contributed by atoms with E-state index >= 15 is 0 Å². The van der Waals surface area contributed by atoms with Crippen molar-refractivity contribution in [2.45, 2.75) is 24.9 Å². The van der Waals surface area contributed by atoms with Gasteiger partial charge in [-0.25, -0.2) is 9.78 Å². The Labute approximate surface area is 172 Å². The molecule has 2 N–H and O–H groups in total. The van der Waals surface area contributed by atoms with Crippen molar-refractivity contribution >= 4 is 56.1 Å². The second-order valence-electron chi connectivity index (χ2n) is 6.38. The first-order chi connectivity index (χ1) is 13.0. The zero-order valence-corrected chi connectivity index (χ0v) is 17.0. The molecule has 0 saturated carbocycles. The molecule has 27 heavy (non-hydrogen) atoms. The number of nitrogens with zero attached hydrogens (tertiary/aromatic N) is 2. The molecule has 8 nitrogen and oxygen atoms in total. The van der Waals surface area contributed by atoms with Gasteiger partial charge in [0.05, 0.1) is 10.5 Å². The maximum atomic E-state index is 12.4. The standard InChI is InChI=1S/C16H15BrCl2N4O4/c17-9-3-10-11(14(24)22-15(19)21-10)13(12(9)18)26-6-27-16(25)23-7-1-2-8(23)5-20-4-7/h3,7-8,20H,1-2,4-6H2,(H,21,22,24). The SMILES string of the molecule is O=C(OCOc1c(Cl)c(Br)cc2nc(Cl)[nH]c(=O)c12)N1C2CCC1CNC2. The number of carbonyl (C=O) groups is 1. The van der Waals surface area contributed by atoms with Gasteiger partial charge in [-0.3, -0.25) is 14.7 Å². The van der Waals surface area contributed by atoms with E-state index in [0.29, 0.717) is 9.99 Å². The van der Waals surface area contributed by atoms with E-state index in [-0.39, 0.29) is 40.3 Å². The van der Waals surface area contributed by atoms with Crippen LogP contribution in [0.15, 0.2) is 15.3 Å². The van der Waals surface area contributed by atoms with Crippen LogP contribution in [0.25, 0.3) is 10.9 Å². The van der Waals surface area contributed by atoms with Crippen molar-refractivity contribution in [1.29, 1.82) is 0 Å². The maximum absolute atomic E-state index is 12.4. The number of amides is 1. The van der Waals surface area contributed by atoms with Gasteiger partial charge >= 0.3 is 6.09 Å². The molecule has 0 spiro atoms. The lowest BCUT2D eigenvalue weighted by Crippen LogP contribution is -2.54. The Kier molecular flexibility index (Phi) is 5.19. The summed E-state index contributed by atoms with van der Waals surface area (Å²) >= 11 is 15.4. The van der Waals surface area contributed by atoms with Crippen molar-refractivity contribution < 1.29 is 14.3 Å². The maximum Gasteiger partial charge on any atom is 0.413 e. The number of fused-ring (bicyclic) bond motifs is 3. The fraction of sp³-hybridized carbons (Fsp3) is 0.438. The van der Waals surface area contributed by atoms with Crippen LogP contribution in [0.2, 0.25) is 10.3 Å². The number of piperazine rings is 1. The lowest BCUT2D eigenvalue weighted by Gasteiger charge is -2.34. The normalized spacial score (nSPS) is 21.5. The molecule has 0 radical (unpaired) electrons. The van der Waals surface area contributed by atoms with Crippen molar-refractivity contribution in [2.75, 3.05) is 19.9 Å². The molecule has 2 aromatic rings. The van der Waals surface area contributed by atoms with Gasteiger partial charge in [-0.2, -0.15) is 0 Å². The van der Waals surface area contributed by atoms with Crippen molar-refractivity contribution in [1.82, 2.24) is 20.2 Å². The van der Waals surface area contributed by atoms with E-state index in [0.717, 1.165) is 25.9 Å². The number of halogens is 3. The summed E-state index contributed by atoms with van der Waals surface area (Å²) in [6.45, 7) is 1.14. The summed E-state index contributed by atoms with van der Waals surface area (Å²) in [7, 11) is 0. The smallest absolute Gasteiger partial charge is 0.413 e. The van der Waals surface area contributed by atoms with Crippen LogP contribution in [-0.4, -0.2) is 52.9 Å². The summed E-state index contributed by atoms with van der Waals surface area (Å²) in [5.41, 5.74) is -0.192. The van der Waals surface area contributed by atoms with E-state index < -0.39 is 11.7 Å². The monoisotopic (exact) mass is 476 g/mol. The topological polar surface area (TPSA) is 96.5 Å². The van der Waals surface area contributed by atoms with Crippen molar-refractivity contribution in [3.8, 4) is 5.75 Å². The minimum Gasteiger partial charge on any atom is -0.455 e. The van der Waals surface area contributed by atoms with Crippen molar-refractivity contribution in [3.63, 3.8) is 0 Å². The zero-order chi connectivity index (χ0) is 19.1. The predicted molar refractivity (Wildman–Crippen MR) is 104 cm³/mol. The third kappa shape index (κ3) is 3.49. The Hall–Kier alpha value is -1.55. The minimum absolute atomic E-state index is 0.0479. The highest BCUT2D eigenvalue weighted by atomic mass is 79.9. The van der Waals surface area contributed by atoms with Crippen LogP contribution >= 0.6 is 39.1 Å². The van der Waals surface area contributed by atoms with E-state index in [2.05, 4.69) is 31.2 Å². The average molecular weight is 478 g/mol. The summed E-state index contributed by atoms with van der Waals surface area (Å²) in [4.78, 5) is 32.9. The van der Waals surface area contributed by atoms with Crippen molar-refractivity contribution in [3.05, 3.63) is 31.2 Å². The largest absolute Gasteiger partial charge is 0.455 e. The van der Waals surface area contributed by atoms with Crippen molar-refractivity contribution in [2.24, 2.45) is 0 Å². The van der Waals surface area contributed by atoms with E-state index in [9.17, 15) is 9.59 Å². The number of benzene rings is 1. The molecule has 11 heteroatoms. The van der Waals surface area contributed by atoms with Gasteiger partial charge in [0.1, 0.15) is 5.39 Å². The number of carbonyl (C=O) groups excluding carboxylic acids is 1. The molecule has 3 heterocycles. The van der Waals surface area contributed by atoms with Crippen LogP contribution in [0.5, 0.6) is 5.75 Å². The number of nitrogens with one attached hydrogen (secondary N) is 2. The van der Waals surface area contributed by atoms with E-state index in [1.165, 1.54) is 0 Å². The first kappa shape index (κ1) is 18.8. The molecule has 2 saturated heterocycles. The predicted octanol–water partition coefficient (Wildman–Crippen LogP) is 2.90. The Morgan fingerprint density at radius 3 is 2.74 bits per heavy atom. The lowest BCUT2D eigenvalue weighted by atomic mass is 10.2. The van der Waals surface area contributed by atoms with Gasteiger partial charge in [0.25, 0.3) is 5.56 Å². The first-order valence-electron chi connectivity index (χ1n) is 8.32. The molecule has 1 aromatic heterocycles. The van der Waals surface area contributed by atoms with Crippen LogP contribution in [0.4, 0.5) is 4.79 Å². The van der Waals surface area contributed by atoms with E-state index in [4.69, 9.17) is 32.7 Å². The average Bonchev–Trinajstić information content (AvgIpc) is 2.87. The Bertz CT molecular complexity index is 954. The Morgan fingerprint density at radius 1 is 1.33 bits per heavy atom. The Balaban J connectivity index is 1.53. The second kappa shape index (κ2) is 7.46. The minimum atomic E-state index is -0.499. The van der Waals surface area contributed by atoms with E-state index in [1.807, 2.05) is 0 Å². The zero-order valence-electron chi connectivity index (χ0n) is 13.9. The number of aromatic amines is 1. The van der Waals surface area contributed by atoms with Crippen LogP contribution in [0, 0.1) is 0 Å². The van der Waals surface area contributed by atoms with Gasteiger partial charge < -0.3 is 14.8 Å². The summed E-state index contributed by atoms with van der Waals surface area (Å²) < 4.78 is 11.3. The molecule has 1 amide bonds. The van der Waals surface area contributed by atoms with Gasteiger partial charge in [-0.05, 0) is 46.4 Å².